The van der Waals surface area contributed by atoms with Gasteiger partial charge >= 0.3 is 5.97 Å². The summed E-state index contributed by atoms with van der Waals surface area (Å²) >= 11 is 3.26. The molecule has 0 saturated heterocycles. The second-order valence-electron chi connectivity index (χ2n) is 4.51. The molecule has 1 unspecified atom stereocenters. The van der Waals surface area contributed by atoms with E-state index in [2.05, 4.69) is 31.0 Å². The molecule has 0 aliphatic carbocycles. The molecule has 19 heavy (non-hydrogen) atoms. The molecular weight excluding hydrogens is 312 g/mol. The summed E-state index contributed by atoms with van der Waals surface area (Å²) in [6, 6.07) is 1.68. The Kier molecular flexibility index (Phi) is 5.47. The fourth-order valence-corrected chi connectivity index (χ4v) is 1.90. The van der Waals surface area contributed by atoms with Gasteiger partial charge in [0.1, 0.15) is 0 Å². The van der Waals surface area contributed by atoms with E-state index in [0.717, 1.165) is 4.47 Å². The number of nitrogens with one attached hydrogen (secondary N) is 1. The molecule has 0 aromatic carbocycles. The van der Waals surface area contributed by atoms with Crippen molar-refractivity contribution in [2.45, 2.75) is 32.2 Å². The van der Waals surface area contributed by atoms with Crippen molar-refractivity contribution in [1.29, 1.82) is 0 Å². The topological polar surface area (TPSA) is 68.3 Å². The molecule has 1 atom stereocenters. The summed E-state index contributed by atoms with van der Waals surface area (Å²) in [5, 5.41) is 2.85. The summed E-state index contributed by atoms with van der Waals surface area (Å²) in [6.45, 7) is 3.72. The number of pyridine rings is 1. The standard InChI is InChI=1S/C13H17BrN2O3/c1-4-13(2,6-11(17)19-3)16-12(18)9-5-10(14)8-15-7-9/h5,7-8H,4,6H2,1-3H3,(H,16,18). The van der Waals surface area contributed by atoms with E-state index in [-0.39, 0.29) is 18.3 Å². The van der Waals surface area contributed by atoms with Crippen LogP contribution in [0.1, 0.15) is 37.0 Å². The van der Waals surface area contributed by atoms with Gasteiger partial charge in [-0.15, -0.1) is 0 Å². The maximum atomic E-state index is 12.1. The zero-order valence-corrected chi connectivity index (χ0v) is 12.8. The molecule has 6 heteroatoms. The van der Waals surface area contributed by atoms with Crippen LogP contribution in [0, 0.1) is 0 Å². The van der Waals surface area contributed by atoms with Crippen LogP contribution in [0.3, 0.4) is 0 Å². The number of rotatable bonds is 5. The highest BCUT2D eigenvalue weighted by Gasteiger charge is 2.28. The van der Waals surface area contributed by atoms with Gasteiger partial charge in [0.2, 0.25) is 0 Å². The zero-order valence-electron chi connectivity index (χ0n) is 11.2. The summed E-state index contributed by atoms with van der Waals surface area (Å²) in [4.78, 5) is 27.4. The number of methoxy groups -OCH3 is 1. The van der Waals surface area contributed by atoms with E-state index >= 15 is 0 Å². The normalized spacial score (nSPS) is 13.5. The number of hydrogen-bond donors (Lipinski definition) is 1. The Labute approximate surface area is 120 Å². The third kappa shape index (κ3) is 4.63. The highest BCUT2D eigenvalue weighted by molar-refractivity contribution is 9.10. The van der Waals surface area contributed by atoms with Crippen LogP contribution in [0.15, 0.2) is 22.9 Å². The average Bonchev–Trinajstić information content (AvgIpc) is 2.38. The molecule has 1 aromatic heterocycles. The smallest absolute Gasteiger partial charge is 0.307 e. The van der Waals surface area contributed by atoms with E-state index in [1.54, 1.807) is 12.3 Å². The zero-order chi connectivity index (χ0) is 14.5. The van der Waals surface area contributed by atoms with Gasteiger partial charge in [-0.25, -0.2) is 0 Å². The van der Waals surface area contributed by atoms with E-state index in [0.29, 0.717) is 12.0 Å². The highest BCUT2D eigenvalue weighted by atomic mass is 79.9. The molecule has 0 aliphatic rings. The maximum Gasteiger partial charge on any atom is 0.307 e. The van der Waals surface area contributed by atoms with E-state index in [4.69, 9.17) is 0 Å². The number of amides is 1. The van der Waals surface area contributed by atoms with Crippen LogP contribution in [0.2, 0.25) is 0 Å². The molecule has 0 spiro atoms. The SMILES string of the molecule is CCC(C)(CC(=O)OC)NC(=O)c1cncc(Br)c1. The van der Waals surface area contributed by atoms with Crippen molar-refractivity contribution in [2.75, 3.05) is 7.11 Å². The lowest BCUT2D eigenvalue weighted by Gasteiger charge is -2.28. The minimum absolute atomic E-state index is 0.132. The predicted octanol–water partition coefficient (Wildman–Crippen LogP) is 2.31. The molecule has 1 heterocycles. The molecule has 0 saturated carbocycles. The van der Waals surface area contributed by atoms with Gasteiger partial charge in [-0.05, 0) is 35.3 Å². The molecule has 0 fully saturated rings. The number of nitrogens with zero attached hydrogens (tertiary/aromatic N) is 1. The maximum absolute atomic E-state index is 12.1. The molecule has 1 N–H and O–H groups in total. The number of halogens is 1. The fraction of sp³-hybridized carbons (Fsp3) is 0.462. The summed E-state index contributed by atoms with van der Waals surface area (Å²) in [6.07, 6.45) is 3.83. The molecule has 1 aromatic rings. The summed E-state index contributed by atoms with van der Waals surface area (Å²) in [7, 11) is 1.33. The molecule has 104 valence electrons. The van der Waals surface area contributed by atoms with Crippen molar-refractivity contribution >= 4 is 27.8 Å². The Morgan fingerprint density at radius 1 is 1.47 bits per heavy atom. The van der Waals surface area contributed by atoms with Gasteiger partial charge in [-0.3, -0.25) is 14.6 Å². The lowest BCUT2D eigenvalue weighted by Crippen LogP contribution is -2.47. The Bertz CT molecular complexity index is 479. The van der Waals surface area contributed by atoms with Crippen molar-refractivity contribution in [1.82, 2.24) is 10.3 Å². The van der Waals surface area contributed by atoms with Crippen LogP contribution in [-0.4, -0.2) is 29.5 Å². The Balaban J connectivity index is 2.80. The van der Waals surface area contributed by atoms with Crippen LogP contribution in [0.25, 0.3) is 0 Å². The largest absolute Gasteiger partial charge is 0.469 e. The third-order valence-corrected chi connectivity index (χ3v) is 3.36. The van der Waals surface area contributed by atoms with Gasteiger partial charge in [0.15, 0.2) is 0 Å². The molecule has 0 aliphatic heterocycles. The first kappa shape index (κ1) is 15.6. The summed E-state index contributed by atoms with van der Waals surface area (Å²) in [5.74, 6) is -0.612. The molecule has 1 amide bonds. The number of carbonyl (C=O) groups excluding carboxylic acids is 2. The lowest BCUT2D eigenvalue weighted by molar-refractivity contribution is -0.142. The minimum atomic E-state index is -0.632. The van der Waals surface area contributed by atoms with Gasteiger partial charge < -0.3 is 10.1 Å². The first-order chi connectivity index (χ1) is 8.90. The van der Waals surface area contributed by atoms with Crippen molar-refractivity contribution < 1.29 is 14.3 Å². The second-order valence-corrected chi connectivity index (χ2v) is 5.43. The van der Waals surface area contributed by atoms with E-state index in [1.165, 1.54) is 13.3 Å². The molecule has 1 rings (SSSR count). The number of hydrogen-bond acceptors (Lipinski definition) is 4. The molecule has 0 bridgehead atoms. The number of esters is 1. The predicted molar refractivity (Wildman–Crippen MR) is 74.7 cm³/mol. The molecular formula is C13H17BrN2O3. The van der Waals surface area contributed by atoms with Gasteiger partial charge in [0, 0.05) is 22.4 Å². The van der Waals surface area contributed by atoms with Gasteiger partial charge in [0.05, 0.1) is 19.1 Å². The van der Waals surface area contributed by atoms with Crippen molar-refractivity contribution in [2.24, 2.45) is 0 Å². The van der Waals surface area contributed by atoms with Gasteiger partial charge in [-0.1, -0.05) is 6.92 Å². The van der Waals surface area contributed by atoms with Crippen LogP contribution in [-0.2, 0) is 9.53 Å². The third-order valence-electron chi connectivity index (χ3n) is 2.92. The van der Waals surface area contributed by atoms with Gasteiger partial charge in [-0.2, -0.15) is 0 Å². The average molecular weight is 329 g/mol. The number of ether oxygens (including phenoxy) is 1. The minimum Gasteiger partial charge on any atom is -0.469 e. The highest BCUT2D eigenvalue weighted by Crippen LogP contribution is 2.17. The van der Waals surface area contributed by atoms with Crippen molar-refractivity contribution in [3.8, 4) is 0 Å². The van der Waals surface area contributed by atoms with E-state index in [1.807, 2.05) is 13.8 Å². The summed E-state index contributed by atoms with van der Waals surface area (Å²) < 4.78 is 5.37. The van der Waals surface area contributed by atoms with E-state index in [9.17, 15) is 9.59 Å². The number of carbonyl (C=O) groups is 2. The fourth-order valence-electron chi connectivity index (χ4n) is 1.53. The second kappa shape index (κ2) is 6.65. The quantitative estimate of drug-likeness (QED) is 0.842. The molecule has 5 nitrogen and oxygen atoms in total. The lowest BCUT2D eigenvalue weighted by atomic mass is 9.94. The van der Waals surface area contributed by atoms with Crippen LogP contribution >= 0.6 is 15.9 Å². The monoisotopic (exact) mass is 328 g/mol. The Morgan fingerprint density at radius 3 is 2.68 bits per heavy atom. The first-order valence-corrected chi connectivity index (χ1v) is 6.69. The Morgan fingerprint density at radius 2 is 2.16 bits per heavy atom. The molecule has 0 radical (unpaired) electrons. The van der Waals surface area contributed by atoms with Crippen molar-refractivity contribution in [3.63, 3.8) is 0 Å². The first-order valence-electron chi connectivity index (χ1n) is 5.90. The van der Waals surface area contributed by atoms with Gasteiger partial charge in [0.25, 0.3) is 5.91 Å². The van der Waals surface area contributed by atoms with Crippen molar-refractivity contribution in [3.05, 3.63) is 28.5 Å². The van der Waals surface area contributed by atoms with Crippen LogP contribution in [0.4, 0.5) is 0 Å². The van der Waals surface area contributed by atoms with E-state index < -0.39 is 5.54 Å². The van der Waals surface area contributed by atoms with Crippen LogP contribution in [0.5, 0.6) is 0 Å². The summed E-state index contributed by atoms with van der Waals surface area (Å²) in [5.41, 5.74) is -0.189. The number of aromatic nitrogens is 1. The van der Waals surface area contributed by atoms with Crippen LogP contribution < -0.4 is 5.32 Å². The Hall–Kier alpha value is -1.43.